The first kappa shape index (κ1) is 16.0. The van der Waals surface area contributed by atoms with Crippen molar-refractivity contribution in [2.24, 2.45) is 0 Å². The fraction of sp³-hybridized carbons (Fsp3) is 0.500. The number of ether oxygens (including phenoxy) is 2. The Morgan fingerprint density at radius 3 is 2.43 bits per heavy atom. The van der Waals surface area contributed by atoms with Crippen LogP contribution in [0.15, 0.2) is 24.3 Å². The van der Waals surface area contributed by atoms with Crippen LogP contribution in [-0.4, -0.2) is 46.2 Å². The van der Waals surface area contributed by atoms with E-state index in [2.05, 4.69) is 5.32 Å². The molecule has 7 heteroatoms. The van der Waals surface area contributed by atoms with Gasteiger partial charge in [0.15, 0.2) is 11.5 Å². The van der Waals surface area contributed by atoms with E-state index in [4.69, 9.17) is 9.47 Å². The van der Waals surface area contributed by atoms with E-state index in [0.29, 0.717) is 35.8 Å². The van der Waals surface area contributed by atoms with Gasteiger partial charge in [0.2, 0.25) is 6.10 Å². The number of hydrogen-bond donors (Lipinski definition) is 2. The topological polar surface area (TPSA) is 84.9 Å². The molecule has 2 aliphatic rings. The van der Waals surface area contributed by atoms with E-state index in [-0.39, 0.29) is 0 Å². The van der Waals surface area contributed by atoms with Crippen molar-refractivity contribution in [3.05, 3.63) is 24.3 Å². The molecule has 0 saturated carbocycles. The lowest BCUT2D eigenvalue weighted by Crippen LogP contribution is -2.61. The van der Waals surface area contributed by atoms with Gasteiger partial charge in [-0.3, -0.25) is 4.79 Å². The second-order valence-corrected chi connectivity index (χ2v) is 7.02. The summed E-state index contributed by atoms with van der Waals surface area (Å²) in [7, 11) is 0. The molecule has 3 rings (SSSR count). The summed E-state index contributed by atoms with van der Waals surface area (Å²) in [4.78, 5) is 24.3. The van der Waals surface area contributed by atoms with Crippen molar-refractivity contribution in [2.45, 2.75) is 37.5 Å². The molecule has 1 aromatic carbocycles. The van der Waals surface area contributed by atoms with E-state index >= 15 is 0 Å². The van der Waals surface area contributed by atoms with Crippen LogP contribution in [0, 0.1) is 0 Å². The van der Waals surface area contributed by atoms with Crippen molar-refractivity contribution in [2.75, 3.05) is 11.5 Å². The normalized spacial score (nSPS) is 25.4. The first-order valence-electron chi connectivity index (χ1n) is 7.57. The third-order valence-corrected chi connectivity index (χ3v) is 5.20. The fourth-order valence-corrected chi connectivity index (χ4v) is 4.02. The molecule has 0 radical (unpaired) electrons. The van der Waals surface area contributed by atoms with Crippen LogP contribution in [-0.2, 0) is 9.59 Å². The second-order valence-electron chi connectivity index (χ2n) is 5.80. The van der Waals surface area contributed by atoms with Crippen LogP contribution in [0.3, 0.4) is 0 Å². The molecule has 2 N–H and O–H groups in total. The summed E-state index contributed by atoms with van der Waals surface area (Å²) < 4.78 is 11.4. The van der Waals surface area contributed by atoms with Crippen LogP contribution in [0.5, 0.6) is 11.5 Å². The number of para-hydroxylation sites is 2. The predicted octanol–water partition coefficient (Wildman–Crippen LogP) is 1.68. The molecule has 2 aliphatic heterocycles. The molecule has 1 aromatic rings. The zero-order chi connectivity index (χ0) is 16.4. The Morgan fingerprint density at radius 2 is 1.83 bits per heavy atom. The molecule has 2 atom stereocenters. The number of thioether (sulfide) groups is 1. The molecule has 2 unspecified atom stereocenters. The van der Waals surface area contributed by atoms with E-state index < -0.39 is 29.6 Å². The standard InChI is InChI=1S/C16H19NO5S/c1-10-13(22-12-5-3-2-4-11(12)21-10)14(18)17-16(15(19)20)6-8-23-9-7-16/h2-5,10,13H,6-9H2,1H3,(H,17,18)(H,19,20). The first-order chi connectivity index (χ1) is 11.0. The van der Waals surface area contributed by atoms with Gasteiger partial charge in [-0.15, -0.1) is 0 Å². The maximum Gasteiger partial charge on any atom is 0.329 e. The summed E-state index contributed by atoms with van der Waals surface area (Å²) in [5.41, 5.74) is -1.21. The van der Waals surface area contributed by atoms with Crippen LogP contribution in [0.4, 0.5) is 0 Å². The average molecular weight is 337 g/mol. The molecule has 0 spiro atoms. The molecule has 1 amide bonds. The summed E-state index contributed by atoms with van der Waals surface area (Å²) in [6.45, 7) is 1.74. The van der Waals surface area contributed by atoms with Crippen molar-refractivity contribution in [3.63, 3.8) is 0 Å². The van der Waals surface area contributed by atoms with Gasteiger partial charge in [-0.1, -0.05) is 12.1 Å². The number of carbonyl (C=O) groups excluding carboxylic acids is 1. The quantitative estimate of drug-likeness (QED) is 0.873. The fourth-order valence-electron chi connectivity index (χ4n) is 2.83. The van der Waals surface area contributed by atoms with Crippen LogP contribution < -0.4 is 14.8 Å². The number of rotatable bonds is 3. The number of aliphatic carboxylic acids is 1. The zero-order valence-electron chi connectivity index (χ0n) is 12.8. The van der Waals surface area contributed by atoms with Crippen molar-refractivity contribution in [1.29, 1.82) is 0 Å². The van der Waals surface area contributed by atoms with E-state index in [1.165, 1.54) is 0 Å². The molecular weight excluding hydrogens is 318 g/mol. The Hall–Kier alpha value is -1.89. The zero-order valence-corrected chi connectivity index (χ0v) is 13.6. The van der Waals surface area contributed by atoms with Gasteiger partial charge in [0.25, 0.3) is 5.91 Å². The summed E-state index contributed by atoms with van der Waals surface area (Å²) in [5, 5.41) is 12.3. The molecule has 1 saturated heterocycles. The Bertz CT molecular complexity index is 614. The highest BCUT2D eigenvalue weighted by atomic mass is 32.2. The maximum atomic E-state index is 12.6. The predicted molar refractivity (Wildman–Crippen MR) is 86.0 cm³/mol. The third-order valence-electron chi connectivity index (χ3n) is 4.22. The minimum Gasteiger partial charge on any atom is -0.482 e. The van der Waals surface area contributed by atoms with Crippen LogP contribution in [0.1, 0.15) is 19.8 Å². The Labute approximate surface area is 138 Å². The molecule has 2 heterocycles. The van der Waals surface area contributed by atoms with Crippen LogP contribution >= 0.6 is 11.8 Å². The van der Waals surface area contributed by atoms with Crippen LogP contribution in [0.25, 0.3) is 0 Å². The first-order valence-corrected chi connectivity index (χ1v) is 8.73. The molecule has 1 fully saturated rings. The molecule has 124 valence electrons. The van der Waals surface area contributed by atoms with Gasteiger partial charge < -0.3 is 19.9 Å². The number of amides is 1. The molecule has 0 aliphatic carbocycles. The highest BCUT2D eigenvalue weighted by molar-refractivity contribution is 7.99. The van der Waals surface area contributed by atoms with Crippen molar-refractivity contribution >= 4 is 23.6 Å². The number of carboxylic acid groups (broad SMARTS) is 1. The Morgan fingerprint density at radius 1 is 1.22 bits per heavy atom. The minimum atomic E-state index is -1.21. The van der Waals surface area contributed by atoms with E-state index in [1.807, 2.05) is 6.07 Å². The Balaban J connectivity index is 1.76. The third kappa shape index (κ3) is 3.10. The largest absolute Gasteiger partial charge is 0.482 e. The molecular formula is C16H19NO5S. The molecule has 0 bridgehead atoms. The van der Waals surface area contributed by atoms with E-state index in [9.17, 15) is 14.7 Å². The summed E-state index contributed by atoms with van der Waals surface area (Å²) in [6.07, 6.45) is -0.529. The lowest BCUT2D eigenvalue weighted by molar-refractivity contribution is -0.150. The number of fused-ring (bicyclic) bond motifs is 1. The van der Waals surface area contributed by atoms with Gasteiger partial charge >= 0.3 is 5.97 Å². The highest BCUT2D eigenvalue weighted by Gasteiger charge is 2.44. The van der Waals surface area contributed by atoms with Crippen LogP contribution in [0.2, 0.25) is 0 Å². The monoisotopic (exact) mass is 337 g/mol. The van der Waals surface area contributed by atoms with Crippen molar-refractivity contribution in [3.8, 4) is 11.5 Å². The van der Waals surface area contributed by atoms with E-state index in [1.54, 1.807) is 36.9 Å². The molecule has 23 heavy (non-hydrogen) atoms. The number of benzene rings is 1. The van der Waals surface area contributed by atoms with Gasteiger partial charge in [0, 0.05) is 0 Å². The maximum absolute atomic E-state index is 12.6. The number of carboxylic acids is 1. The van der Waals surface area contributed by atoms with Gasteiger partial charge in [0.05, 0.1) is 0 Å². The minimum absolute atomic E-state index is 0.414. The second kappa shape index (κ2) is 6.31. The summed E-state index contributed by atoms with van der Waals surface area (Å²) >= 11 is 1.70. The van der Waals surface area contributed by atoms with Gasteiger partial charge in [-0.25, -0.2) is 4.79 Å². The lowest BCUT2D eigenvalue weighted by Gasteiger charge is -2.37. The van der Waals surface area contributed by atoms with Gasteiger partial charge in [-0.2, -0.15) is 11.8 Å². The number of nitrogens with one attached hydrogen (secondary N) is 1. The number of carbonyl (C=O) groups is 2. The molecule has 0 aromatic heterocycles. The van der Waals surface area contributed by atoms with Crippen molar-refractivity contribution in [1.82, 2.24) is 5.32 Å². The lowest BCUT2D eigenvalue weighted by atomic mass is 9.91. The van der Waals surface area contributed by atoms with E-state index in [0.717, 1.165) is 0 Å². The summed E-state index contributed by atoms with van der Waals surface area (Å²) in [6, 6.07) is 7.13. The SMILES string of the molecule is CC1Oc2ccccc2OC1C(=O)NC1(C(=O)O)CCSCC1. The number of hydrogen-bond acceptors (Lipinski definition) is 5. The smallest absolute Gasteiger partial charge is 0.329 e. The van der Waals surface area contributed by atoms with Gasteiger partial charge in [-0.05, 0) is 43.4 Å². The van der Waals surface area contributed by atoms with Crippen molar-refractivity contribution < 1.29 is 24.2 Å². The Kier molecular flexibility index (Phi) is 4.39. The van der Waals surface area contributed by atoms with Gasteiger partial charge in [0.1, 0.15) is 11.6 Å². The summed E-state index contributed by atoms with van der Waals surface area (Å²) in [5.74, 6) is 1.08. The average Bonchev–Trinajstić information content (AvgIpc) is 2.54. The highest BCUT2D eigenvalue weighted by Crippen LogP contribution is 2.34. The molecule has 6 nitrogen and oxygen atoms in total.